The van der Waals surface area contributed by atoms with Crippen molar-refractivity contribution in [3.8, 4) is 0 Å². The van der Waals surface area contributed by atoms with E-state index in [-0.39, 0.29) is 0 Å². The third kappa shape index (κ3) is 2.36. The summed E-state index contributed by atoms with van der Waals surface area (Å²) < 4.78 is 0. The average Bonchev–Trinajstić information content (AvgIpc) is 2.17. The Morgan fingerprint density at radius 1 is 1.27 bits per heavy atom. The van der Waals surface area contributed by atoms with Gasteiger partial charge in [0.05, 0.1) is 4.87 Å². The van der Waals surface area contributed by atoms with Crippen LogP contribution in [0.1, 0.15) is 52.9 Å². The van der Waals surface area contributed by atoms with Crippen LogP contribution in [-0.4, -0.2) is 16.7 Å². The SMILES string of the molecule is CC1CCNC2(CCCCC2C(C)C)S1. The minimum atomic E-state index is 0.435. The van der Waals surface area contributed by atoms with Gasteiger partial charge in [0.1, 0.15) is 0 Å². The second-order valence-corrected chi connectivity index (χ2v) is 7.40. The molecule has 1 saturated carbocycles. The van der Waals surface area contributed by atoms with E-state index in [0.717, 1.165) is 17.1 Å². The van der Waals surface area contributed by atoms with Crippen molar-refractivity contribution >= 4 is 11.8 Å². The van der Waals surface area contributed by atoms with Crippen LogP contribution in [0.25, 0.3) is 0 Å². The van der Waals surface area contributed by atoms with Crippen LogP contribution in [-0.2, 0) is 0 Å². The molecule has 15 heavy (non-hydrogen) atoms. The van der Waals surface area contributed by atoms with Gasteiger partial charge in [-0.2, -0.15) is 0 Å². The van der Waals surface area contributed by atoms with Gasteiger partial charge in [0.15, 0.2) is 0 Å². The quantitative estimate of drug-likeness (QED) is 0.734. The third-order valence-electron chi connectivity index (χ3n) is 4.10. The maximum Gasteiger partial charge on any atom is 0.0678 e. The number of hydrogen-bond donors (Lipinski definition) is 1. The fourth-order valence-corrected chi connectivity index (χ4v) is 5.32. The van der Waals surface area contributed by atoms with Gasteiger partial charge in [0.2, 0.25) is 0 Å². The Bertz CT molecular complexity index is 213. The highest BCUT2D eigenvalue weighted by Crippen LogP contribution is 2.48. The number of rotatable bonds is 1. The molecule has 1 aliphatic carbocycles. The molecule has 2 aliphatic rings. The van der Waals surface area contributed by atoms with Crippen LogP contribution in [0.3, 0.4) is 0 Å². The van der Waals surface area contributed by atoms with Gasteiger partial charge in [0, 0.05) is 5.25 Å². The molecule has 0 amide bonds. The zero-order valence-corrected chi connectivity index (χ0v) is 11.2. The van der Waals surface area contributed by atoms with Crippen molar-refractivity contribution in [3.05, 3.63) is 0 Å². The highest BCUT2D eigenvalue weighted by atomic mass is 32.2. The van der Waals surface area contributed by atoms with Crippen molar-refractivity contribution < 1.29 is 0 Å². The van der Waals surface area contributed by atoms with Gasteiger partial charge in [-0.15, -0.1) is 11.8 Å². The molecule has 0 aromatic heterocycles. The highest BCUT2D eigenvalue weighted by Gasteiger charge is 2.44. The Balaban J connectivity index is 2.13. The van der Waals surface area contributed by atoms with E-state index < -0.39 is 0 Å². The standard InChI is InChI=1S/C13H25NS/c1-10(2)12-6-4-5-8-13(12)14-9-7-11(3)15-13/h10-12,14H,4-9H2,1-3H3. The number of nitrogens with one attached hydrogen (secondary N) is 1. The first-order valence-electron chi connectivity index (χ1n) is 6.57. The van der Waals surface area contributed by atoms with Gasteiger partial charge in [0.25, 0.3) is 0 Å². The minimum Gasteiger partial charge on any atom is -0.303 e. The van der Waals surface area contributed by atoms with Crippen molar-refractivity contribution in [2.75, 3.05) is 6.54 Å². The monoisotopic (exact) mass is 227 g/mol. The first kappa shape index (κ1) is 11.8. The Labute approximate surface area is 98.8 Å². The van der Waals surface area contributed by atoms with Crippen molar-refractivity contribution in [2.45, 2.75) is 63.0 Å². The predicted octanol–water partition coefficient (Wildman–Crippen LogP) is 3.64. The molecule has 0 bridgehead atoms. The Morgan fingerprint density at radius 3 is 2.73 bits per heavy atom. The molecule has 1 spiro atoms. The molecule has 1 heterocycles. The van der Waals surface area contributed by atoms with E-state index in [9.17, 15) is 0 Å². The lowest BCUT2D eigenvalue weighted by atomic mass is 9.77. The fourth-order valence-electron chi connectivity index (χ4n) is 3.35. The molecule has 2 rings (SSSR count). The van der Waals surface area contributed by atoms with Crippen LogP contribution in [0.2, 0.25) is 0 Å². The summed E-state index contributed by atoms with van der Waals surface area (Å²) in [5.74, 6) is 1.72. The van der Waals surface area contributed by atoms with Crippen LogP contribution < -0.4 is 5.32 Å². The molecule has 1 N–H and O–H groups in total. The number of hydrogen-bond acceptors (Lipinski definition) is 2. The van der Waals surface area contributed by atoms with Gasteiger partial charge >= 0.3 is 0 Å². The smallest absolute Gasteiger partial charge is 0.0678 e. The van der Waals surface area contributed by atoms with E-state index in [2.05, 4.69) is 37.8 Å². The topological polar surface area (TPSA) is 12.0 Å². The lowest BCUT2D eigenvalue weighted by Crippen LogP contribution is -2.55. The zero-order chi connectivity index (χ0) is 10.9. The van der Waals surface area contributed by atoms with E-state index in [0.29, 0.717) is 4.87 Å². The van der Waals surface area contributed by atoms with E-state index >= 15 is 0 Å². The molecule has 2 heteroatoms. The summed E-state index contributed by atoms with van der Waals surface area (Å²) >= 11 is 2.23. The van der Waals surface area contributed by atoms with Gasteiger partial charge in [-0.3, -0.25) is 0 Å². The van der Waals surface area contributed by atoms with Crippen molar-refractivity contribution in [3.63, 3.8) is 0 Å². The Morgan fingerprint density at radius 2 is 2.07 bits per heavy atom. The molecule has 0 aromatic rings. The molecule has 1 aliphatic heterocycles. The second-order valence-electron chi connectivity index (χ2n) is 5.63. The molecular weight excluding hydrogens is 202 g/mol. The predicted molar refractivity (Wildman–Crippen MR) is 69.2 cm³/mol. The Kier molecular flexibility index (Phi) is 3.67. The van der Waals surface area contributed by atoms with Crippen molar-refractivity contribution in [1.82, 2.24) is 5.32 Å². The van der Waals surface area contributed by atoms with E-state index in [1.165, 1.54) is 38.6 Å². The van der Waals surface area contributed by atoms with Crippen LogP contribution in [0.5, 0.6) is 0 Å². The van der Waals surface area contributed by atoms with Crippen LogP contribution >= 0.6 is 11.8 Å². The first-order chi connectivity index (χ1) is 7.14. The molecule has 3 unspecified atom stereocenters. The lowest BCUT2D eigenvalue weighted by Gasteiger charge is -2.50. The van der Waals surface area contributed by atoms with Gasteiger partial charge in [-0.25, -0.2) is 0 Å². The summed E-state index contributed by atoms with van der Waals surface area (Å²) in [5, 5.41) is 4.71. The van der Waals surface area contributed by atoms with E-state index in [4.69, 9.17) is 0 Å². The summed E-state index contributed by atoms with van der Waals surface area (Å²) in [6.45, 7) is 8.44. The summed E-state index contributed by atoms with van der Waals surface area (Å²) in [6, 6.07) is 0. The van der Waals surface area contributed by atoms with Gasteiger partial charge in [-0.05, 0) is 37.6 Å². The molecule has 88 valence electrons. The van der Waals surface area contributed by atoms with E-state index in [1.54, 1.807) is 0 Å². The number of thioether (sulfide) groups is 1. The Hall–Kier alpha value is 0.310. The van der Waals surface area contributed by atoms with Crippen LogP contribution in [0.4, 0.5) is 0 Å². The summed E-state index contributed by atoms with van der Waals surface area (Å²) in [7, 11) is 0. The highest BCUT2D eigenvalue weighted by molar-refractivity contribution is 8.01. The van der Waals surface area contributed by atoms with Crippen molar-refractivity contribution in [1.29, 1.82) is 0 Å². The molecule has 0 aromatic carbocycles. The molecule has 1 nitrogen and oxygen atoms in total. The maximum absolute atomic E-state index is 3.86. The zero-order valence-electron chi connectivity index (χ0n) is 10.4. The van der Waals surface area contributed by atoms with Gasteiger partial charge in [-0.1, -0.05) is 33.6 Å². The van der Waals surface area contributed by atoms with Crippen LogP contribution in [0, 0.1) is 11.8 Å². The molecule has 0 radical (unpaired) electrons. The van der Waals surface area contributed by atoms with Crippen LogP contribution in [0.15, 0.2) is 0 Å². The summed E-state index contributed by atoms with van der Waals surface area (Å²) in [4.78, 5) is 0.435. The largest absolute Gasteiger partial charge is 0.303 e. The first-order valence-corrected chi connectivity index (χ1v) is 7.45. The third-order valence-corrected chi connectivity index (χ3v) is 5.81. The average molecular weight is 227 g/mol. The van der Waals surface area contributed by atoms with E-state index in [1.807, 2.05) is 0 Å². The minimum absolute atomic E-state index is 0.435. The molecule has 3 atom stereocenters. The lowest BCUT2D eigenvalue weighted by molar-refractivity contribution is 0.173. The maximum atomic E-state index is 3.86. The normalized spacial score (nSPS) is 42.4. The van der Waals surface area contributed by atoms with Crippen molar-refractivity contribution in [2.24, 2.45) is 11.8 Å². The molecule has 2 fully saturated rings. The molecular formula is C13H25NS. The second kappa shape index (κ2) is 4.67. The fraction of sp³-hybridized carbons (Fsp3) is 1.00. The summed E-state index contributed by atoms with van der Waals surface area (Å²) in [5.41, 5.74) is 0. The summed E-state index contributed by atoms with van der Waals surface area (Å²) in [6.07, 6.45) is 7.05. The molecule has 1 saturated heterocycles. The van der Waals surface area contributed by atoms with Gasteiger partial charge < -0.3 is 5.32 Å².